The van der Waals surface area contributed by atoms with E-state index in [1.807, 2.05) is 18.6 Å². The molecular weight excluding hydrogens is 310 g/mol. The van der Waals surface area contributed by atoms with Crippen LogP contribution in [0, 0.1) is 0 Å². The maximum Gasteiger partial charge on any atom is 0.187 e. The van der Waals surface area contributed by atoms with Gasteiger partial charge in [0, 0.05) is 37.6 Å². The minimum atomic E-state index is 0.792. The van der Waals surface area contributed by atoms with Crippen LogP contribution in [0.2, 0.25) is 0 Å². The summed E-state index contributed by atoms with van der Waals surface area (Å²) >= 11 is 1.56. The van der Waals surface area contributed by atoms with Crippen LogP contribution in [0.3, 0.4) is 0 Å². The first-order valence-corrected chi connectivity index (χ1v) is 8.77. The van der Waals surface area contributed by atoms with Gasteiger partial charge in [-0.2, -0.15) is 0 Å². The van der Waals surface area contributed by atoms with Gasteiger partial charge in [0.15, 0.2) is 16.7 Å². The van der Waals surface area contributed by atoms with Crippen molar-refractivity contribution < 1.29 is 9.47 Å². The van der Waals surface area contributed by atoms with Crippen molar-refractivity contribution in [2.24, 2.45) is 0 Å². The smallest absolute Gasteiger partial charge is 0.187 e. The number of nitrogens with zero attached hydrogens (tertiary/aromatic N) is 3. The summed E-state index contributed by atoms with van der Waals surface area (Å²) in [4.78, 5) is 11.1. The molecule has 0 spiro atoms. The Morgan fingerprint density at radius 2 is 1.74 bits per heavy atom. The Bertz CT molecular complexity index is 676. The van der Waals surface area contributed by atoms with Gasteiger partial charge in [-0.3, -0.25) is 4.90 Å². The average molecular weight is 331 g/mol. The van der Waals surface area contributed by atoms with Crippen LogP contribution in [-0.4, -0.2) is 41.9 Å². The van der Waals surface area contributed by atoms with E-state index in [-0.39, 0.29) is 0 Å². The predicted molar refractivity (Wildman–Crippen MR) is 91.2 cm³/mol. The van der Waals surface area contributed by atoms with Gasteiger partial charge in [-0.15, -0.1) is 0 Å². The van der Waals surface area contributed by atoms with Crippen LogP contribution in [0.5, 0.6) is 11.5 Å². The van der Waals surface area contributed by atoms with Crippen LogP contribution in [0.15, 0.2) is 29.7 Å². The molecule has 2 heterocycles. The second-order valence-corrected chi connectivity index (χ2v) is 6.29. The molecule has 122 valence electrons. The fourth-order valence-electron chi connectivity index (χ4n) is 2.86. The Kier molecular flexibility index (Phi) is 5.03. The van der Waals surface area contributed by atoms with Crippen LogP contribution in [0.4, 0.5) is 0 Å². The number of hydrogen-bond acceptors (Lipinski definition) is 6. The minimum absolute atomic E-state index is 0.792. The van der Waals surface area contributed by atoms with E-state index >= 15 is 0 Å². The monoisotopic (exact) mass is 331 g/mol. The Hall–Kier alpha value is -1.79. The lowest BCUT2D eigenvalue weighted by atomic mass is 9.98. The summed E-state index contributed by atoms with van der Waals surface area (Å²) in [5, 5.41) is 0.814. The Labute approximate surface area is 141 Å². The topological polar surface area (TPSA) is 47.5 Å². The van der Waals surface area contributed by atoms with E-state index in [0.29, 0.717) is 0 Å². The second-order valence-electron chi connectivity index (χ2n) is 5.51. The standard InChI is InChI=1S/C17H21N3O2S/c1-21-15-6-13-4-5-20(11-14(13)7-16(15)22-2)10-12-8-18-17(23-3)19-9-12/h6-9H,4-5,10-11H2,1-3H3. The van der Waals surface area contributed by atoms with Crippen LogP contribution < -0.4 is 9.47 Å². The van der Waals surface area contributed by atoms with Gasteiger partial charge in [-0.25, -0.2) is 9.97 Å². The number of methoxy groups -OCH3 is 2. The van der Waals surface area contributed by atoms with Crippen molar-refractivity contribution in [2.75, 3.05) is 27.0 Å². The minimum Gasteiger partial charge on any atom is -0.493 e. The average Bonchev–Trinajstić information content (AvgIpc) is 2.61. The summed E-state index contributed by atoms with van der Waals surface area (Å²) in [6.45, 7) is 2.79. The first kappa shape index (κ1) is 16.1. The van der Waals surface area contributed by atoms with Crippen LogP contribution in [-0.2, 0) is 19.5 Å². The van der Waals surface area contributed by atoms with E-state index in [4.69, 9.17) is 9.47 Å². The van der Waals surface area contributed by atoms with E-state index < -0.39 is 0 Å². The first-order valence-electron chi connectivity index (χ1n) is 7.54. The highest BCUT2D eigenvalue weighted by Crippen LogP contribution is 2.33. The predicted octanol–water partition coefficient (Wildman–Crippen LogP) is 2.77. The van der Waals surface area contributed by atoms with Gasteiger partial charge in [0.1, 0.15) is 0 Å². The maximum atomic E-state index is 5.42. The van der Waals surface area contributed by atoms with E-state index in [2.05, 4.69) is 27.0 Å². The molecule has 0 bridgehead atoms. The highest BCUT2D eigenvalue weighted by atomic mass is 32.2. The summed E-state index contributed by atoms with van der Waals surface area (Å²) < 4.78 is 10.8. The van der Waals surface area contributed by atoms with Crippen molar-refractivity contribution in [1.29, 1.82) is 0 Å². The number of thioether (sulfide) groups is 1. The zero-order chi connectivity index (χ0) is 16.2. The SMILES string of the molecule is COc1cc2c(cc1OC)CN(Cc1cnc(SC)nc1)CC2. The molecule has 0 N–H and O–H groups in total. The summed E-state index contributed by atoms with van der Waals surface area (Å²) in [7, 11) is 3.35. The molecular formula is C17H21N3O2S. The molecule has 0 fully saturated rings. The van der Waals surface area contributed by atoms with E-state index in [1.165, 1.54) is 11.1 Å². The van der Waals surface area contributed by atoms with Crippen molar-refractivity contribution in [2.45, 2.75) is 24.7 Å². The second kappa shape index (κ2) is 7.19. The maximum absolute atomic E-state index is 5.42. The van der Waals surface area contributed by atoms with Crippen molar-refractivity contribution in [3.05, 3.63) is 41.2 Å². The highest BCUT2D eigenvalue weighted by molar-refractivity contribution is 7.98. The molecule has 0 saturated heterocycles. The van der Waals surface area contributed by atoms with Crippen molar-refractivity contribution in [3.8, 4) is 11.5 Å². The normalized spacial score (nSPS) is 14.4. The number of rotatable bonds is 5. The summed E-state index contributed by atoms with van der Waals surface area (Å²) in [6.07, 6.45) is 6.84. The molecule has 0 saturated carbocycles. The molecule has 0 atom stereocenters. The van der Waals surface area contributed by atoms with Gasteiger partial charge < -0.3 is 9.47 Å². The zero-order valence-electron chi connectivity index (χ0n) is 13.7. The molecule has 1 aromatic heterocycles. The van der Waals surface area contributed by atoms with E-state index in [1.54, 1.807) is 26.0 Å². The number of fused-ring (bicyclic) bond motifs is 1. The van der Waals surface area contributed by atoms with Gasteiger partial charge >= 0.3 is 0 Å². The summed E-state index contributed by atoms with van der Waals surface area (Å²) in [6, 6.07) is 4.19. The molecule has 3 rings (SSSR count). The van der Waals surface area contributed by atoms with Crippen molar-refractivity contribution >= 4 is 11.8 Å². The van der Waals surface area contributed by atoms with E-state index in [0.717, 1.165) is 48.3 Å². The van der Waals surface area contributed by atoms with Gasteiger partial charge in [-0.1, -0.05) is 11.8 Å². The molecule has 6 heteroatoms. The molecule has 5 nitrogen and oxygen atoms in total. The van der Waals surface area contributed by atoms with Gasteiger partial charge in [-0.05, 0) is 35.9 Å². The number of aromatic nitrogens is 2. The highest BCUT2D eigenvalue weighted by Gasteiger charge is 2.19. The molecule has 0 radical (unpaired) electrons. The number of benzene rings is 1. The fraction of sp³-hybridized carbons (Fsp3) is 0.412. The Morgan fingerprint density at radius 3 is 2.35 bits per heavy atom. The van der Waals surface area contributed by atoms with E-state index in [9.17, 15) is 0 Å². The molecule has 1 aliphatic rings. The Morgan fingerprint density at radius 1 is 1.09 bits per heavy atom. The molecule has 2 aromatic rings. The molecule has 23 heavy (non-hydrogen) atoms. The fourth-order valence-corrected chi connectivity index (χ4v) is 3.18. The molecule has 0 unspecified atom stereocenters. The third-order valence-electron chi connectivity index (χ3n) is 4.07. The van der Waals surface area contributed by atoms with Gasteiger partial charge in [0.2, 0.25) is 0 Å². The van der Waals surface area contributed by atoms with Crippen molar-refractivity contribution in [3.63, 3.8) is 0 Å². The lowest BCUT2D eigenvalue weighted by Gasteiger charge is -2.29. The molecule has 0 amide bonds. The lowest BCUT2D eigenvalue weighted by molar-refractivity contribution is 0.243. The Balaban J connectivity index is 1.74. The van der Waals surface area contributed by atoms with Crippen molar-refractivity contribution in [1.82, 2.24) is 14.9 Å². The lowest BCUT2D eigenvalue weighted by Crippen LogP contribution is -2.30. The summed E-state index contributed by atoms with van der Waals surface area (Å²) in [5.41, 5.74) is 3.79. The van der Waals surface area contributed by atoms with Crippen LogP contribution in [0.1, 0.15) is 16.7 Å². The van der Waals surface area contributed by atoms with Gasteiger partial charge in [0.25, 0.3) is 0 Å². The summed E-state index contributed by atoms with van der Waals surface area (Å²) in [5.74, 6) is 1.60. The van der Waals surface area contributed by atoms with Crippen LogP contribution in [0.25, 0.3) is 0 Å². The zero-order valence-corrected chi connectivity index (χ0v) is 14.5. The third-order valence-corrected chi connectivity index (χ3v) is 4.64. The molecule has 0 aliphatic carbocycles. The third kappa shape index (κ3) is 3.59. The number of hydrogen-bond donors (Lipinski definition) is 0. The largest absolute Gasteiger partial charge is 0.493 e. The quantitative estimate of drug-likeness (QED) is 0.620. The number of ether oxygens (including phenoxy) is 2. The molecule has 1 aliphatic heterocycles. The first-order chi connectivity index (χ1) is 11.2. The molecule has 1 aromatic carbocycles. The van der Waals surface area contributed by atoms with Gasteiger partial charge in [0.05, 0.1) is 14.2 Å². The van der Waals surface area contributed by atoms with Crippen LogP contribution >= 0.6 is 11.8 Å².